The van der Waals surface area contributed by atoms with Gasteiger partial charge in [-0.2, -0.15) is 0 Å². The minimum Gasteiger partial charge on any atom is -0.452 e. The second-order valence-corrected chi connectivity index (χ2v) is 5.33. The molecule has 124 valence electrons. The smallest absolute Gasteiger partial charge is 0.331 e. The molecule has 23 heavy (non-hydrogen) atoms. The van der Waals surface area contributed by atoms with Crippen LogP contribution in [-0.4, -0.2) is 30.0 Å². The predicted molar refractivity (Wildman–Crippen MR) is 85.6 cm³/mol. The van der Waals surface area contributed by atoms with Crippen LogP contribution in [0.1, 0.15) is 25.8 Å². The van der Waals surface area contributed by atoms with Crippen molar-refractivity contribution in [1.29, 1.82) is 0 Å². The fraction of sp³-hybridized carbons (Fsp3) is 0.375. The second-order valence-electron chi connectivity index (χ2n) is 5.33. The van der Waals surface area contributed by atoms with E-state index < -0.39 is 10.9 Å². The maximum Gasteiger partial charge on any atom is 0.331 e. The van der Waals surface area contributed by atoms with Gasteiger partial charge in [-0.1, -0.05) is 26.0 Å². The van der Waals surface area contributed by atoms with Crippen molar-refractivity contribution in [3.8, 4) is 0 Å². The molecule has 0 bridgehead atoms. The summed E-state index contributed by atoms with van der Waals surface area (Å²) in [6.45, 7) is 4.28. The number of rotatable bonds is 8. The number of amides is 1. The van der Waals surface area contributed by atoms with Crippen LogP contribution < -0.4 is 5.32 Å². The highest BCUT2D eigenvalue weighted by atomic mass is 16.6. The molecule has 0 fully saturated rings. The van der Waals surface area contributed by atoms with Crippen LogP contribution in [0.4, 0.5) is 5.69 Å². The molecule has 0 aliphatic carbocycles. The molecule has 1 amide bonds. The normalized spacial score (nSPS) is 10.7. The number of carbonyl (C=O) groups is 2. The number of hydrogen-bond acceptors (Lipinski definition) is 5. The molecular weight excluding hydrogens is 300 g/mol. The van der Waals surface area contributed by atoms with Crippen molar-refractivity contribution in [1.82, 2.24) is 5.32 Å². The third-order valence-electron chi connectivity index (χ3n) is 2.88. The monoisotopic (exact) mass is 320 g/mol. The van der Waals surface area contributed by atoms with Gasteiger partial charge in [0.25, 0.3) is 11.6 Å². The maximum atomic E-state index is 11.5. The molecule has 0 atom stereocenters. The van der Waals surface area contributed by atoms with Crippen molar-refractivity contribution < 1.29 is 19.2 Å². The first-order valence-corrected chi connectivity index (χ1v) is 7.24. The van der Waals surface area contributed by atoms with Crippen LogP contribution >= 0.6 is 0 Å². The molecule has 1 aromatic rings. The lowest BCUT2D eigenvalue weighted by molar-refractivity contribution is -0.384. The summed E-state index contributed by atoms with van der Waals surface area (Å²) in [6, 6.07) is 5.83. The Morgan fingerprint density at radius 1 is 1.39 bits per heavy atom. The van der Waals surface area contributed by atoms with E-state index >= 15 is 0 Å². The van der Waals surface area contributed by atoms with Crippen LogP contribution in [0.25, 0.3) is 6.08 Å². The third-order valence-corrected chi connectivity index (χ3v) is 2.88. The molecule has 1 N–H and O–H groups in total. The largest absolute Gasteiger partial charge is 0.452 e. The molecule has 0 aliphatic rings. The first-order chi connectivity index (χ1) is 10.9. The number of hydrogen-bond donors (Lipinski definition) is 1. The number of nitrogens with zero attached hydrogens (tertiary/aromatic N) is 1. The van der Waals surface area contributed by atoms with E-state index in [1.54, 1.807) is 6.07 Å². The molecule has 0 spiro atoms. The van der Waals surface area contributed by atoms with Gasteiger partial charge < -0.3 is 10.1 Å². The van der Waals surface area contributed by atoms with Gasteiger partial charge in [-0.3, -0.25) is 14.9 Å². The van der Waals surface area contributed by atoms with Gasteiger partial charge in [0, 0.05) is 24.8 Å². The molecule has 7 heteroatoms. The van der Waals surface area contributed by atoms with Gasteiger partial charge in [-0.25, -0.2) is 4.79 Å². The summed E-state index contributed by atoms with van der Waals surface area (Å²) in [5, 5.41) is 13.3. The molecule has 1 rings (SSSR count). The van der Waals surface area contributed by atoms with E-state index in [1.165, 1.54) is 24.3 Å². The SMILES string of the molecule is CC(C)CCNC(=O)COC(=O)/C=C/c1cccc([N+](=O)[O-])c1. The summed E-state index contributed by atoms with van der Waals surface area (Å²) in [6.07, 6.45) is 3.37. The van der Waals surface area contributed by atoms with Gasteiger partial charge in [0.2, 0.25) is 0 Å². The predicted octanol–water partition coefficient (Wildman–Crippen LogP) is 2.31. The zero-order valence-electron chi connectivity index (χ0n) is 13.2. The minimum absolute atomic E-state index is 0.0648. The third kappa shape index (κ3) is 7.75. The average molecular weight is 320 g/mol. The van der Waals surface area contributed by atoms with Crippen LogP contribution in [0.2, 0.25) is 0 Å². The van der Waals surface area contributed by atoms with E-state index in [9.17, 15) is 19.7 Å². The molecule has 7 nitrogen and oxygen atoms in total. The van der Waals surface area contributed by atoms with Gasteiger partial charge in [-0.05, 0) is 24.0 Å². The topological polar surface area (TPSA) is 98.5 Å². The van der Waals surface area contributed by atoms with E-state index in [4.69, 9.17) is 4.74 Å². The Morgan fingerprint density at radius 2 is 2.13 bits per heavy atom. The van der Waals surface area contributed by atoms with E-state index in [-0.39, 0.29) is 18.2 Å². The van der Waals surface area contributed by atoms with E-state index in [1.807, 2.05) is 13.8 Å². The molecule has 0 unspecified atom stereocenters. The highest BCUT2D eigenvalue weighted by Gasteiger charge is 2.06. The second kappa shape index (κ2) is 9.34. The molecule has 1 aromatic carbocycles. The van der Waals surface area contributed by atoms with Crippen LogP contribution in [0.15, 0.2) is 30.3 Å². The Balaban J connectivity index is 2.40. The number of non-ortho nitro benzene ring substituents is 1. The Labute approximate surface area is 134 Å². The van der Waals surface area contributed by atoms with Gasteiger partial charge in [0.05, 0.1) is 4.92 Å². The Bertz CT molecular complexity index is 596. The lowest BCUT2D eigenvalue weighted by atomic mass is 10.1. The summed E-state index contributed by atoms with van der Waals surface area (Å²) in [5.74, 6) is -0.561. The summed E-state index contributed by atoms with van der Waals surface area (Å²) in [5.41, 5.74) is 0.433. The van der Waals surface area contributed by atoms with Gasteiger partial charge >= 0.3 is 5.97 Å². The van der Waals surface area contributed by atoms with Gasteiger partial charge in [0.15, 0.2) is 6.61 Å². The number of esters is 1. The van der Waals surface area contributed by atoms with Crippen molar-refractivity contribution in [3.05, 3.63) is 46.0 Å². The maximum absolute atomic E-state index is 11.5. The van der Waals surface area contributed by atoms with Crippen LogP contribution in [0.5, 0.6) is 0 Å². The number of nitro groups is 1. The Hall–Kier alpha value is -2.70. The summed E-state index contributed by atoms with van der Waals surface area (Å²) >= 11 is 0. The number of nitrogens with one attached hydrogen (secondary N) is 1. The lowest BCUT2D eigenvalue weighted by Crippen LogP contribution is -2.29. The standard InChI is InChI=1S/C16H20N2O5/c1-12(2)8-9-17-15(19)11-23-16(20)7-6-13-4-3-5-14(10-13)18(21)22/h3-7,10,12H,8-9,11H2,1-2H3,(H,17,19)/b7-6+. The fourth-order valence-corrected chi connectivity index (χ4v) is 1.64. The van der Waals surface area contributed by atoms with Crippen LogP contribution in [0.3, 0.4) is 0 Å². The molecule has 0 aliphatic heterocycles. The molecule has 0 aromatic heterocycles. The molecule has 0 radical (unpaired) electrons. The van der Waals surface area contributed by atoms with Crippen molar-refractivity contribution in [2.75, 3.05) is 13.2 Å². The van der Waals surface area contributed by atoms with E-state index in [0.29, 0.717) is 18.0 Å². The highest BCUT2D eigenvalue weighted by molar-refractivity contribution is 5.89. The quantitative estimate of drug-likeness (QED) is 0.343. The molecular formula is C16H20N2O5. The Kier molecular flexibility index (Phi) is 7.45. The zero-order chi connectivity index (χ0) is 17.2. The molecule has 0 saturated heterocycles. The van der Waals surface area contributed by atoms with Crippen LogP contribution in [0, 0.1) is 16.0 Å². The van der Waals surface area contributed by atoms with E-state index in [2.05, 4.69) is 5.32 Å². The summed E-state index contributed by atoms with van der Waals surface area (Å²) in [7, 11) is 0. The first kappa shape index (κ1) is 18.3. The number of ether oxygens (including phenoxy) is 1. The number of benzene rings is 1. The summed E-state index contributed by atoms with van der Waals surface area (Å²) < 4.78 is 4.79. The number of carbonyl (C=O) groups excluding carboxylic acids is 2. The number of nitro benzene ring substituents is 1. The highest BCUT2D eigenvalue weighted by Crippen LogP contribution is 2.14. The zero-order valence-corrected chi connectivity index (χ0v) is 13.2. The molecule has 0 heterocycles. The fourth-order valence-electron chi connectivity index (χ4n) is 1.64. The van der Waals surface area contributed by atoms with Crippen molar-refractivity contribution >= 4 is 23.6 Å². The first-order valence-electron chi connectivity index (χ1n) is 7.24. The van der Waals surface area contributed by atoms with Gasteiger partial charge in [-0.15, -0.1) is 0 Å². The average Bonchev–Trinajstić information content (AvgIpc) is 2.50. The van der Waals surface area contributed by atoms with Crippen molar-refractivity contribution in [2.24, 2.45) is 5.92 Å². The van der Waals surface area contributed by atoms with E-state index in [0.717, 1.165) is 12.5 Å². The van der Waals surface area contributed by atoms with Crippen molar-refractivity contribution in [3.63, 3.8) is 0 Å². The minimum atomic E-state index is -0.685. The molecule has 0 saturated carbocycles. The van der Waals surface area contributed by atoms with Crippen molar-refractivity contribution in [2.45, 2.75) is 20.3 Å². The van der Waals surface area contributed by atoms with Gasteiger partial charge in [0.1, 0.15) is 0 Å². The lowest BCUT2D eigenvalue weighted by Gasteiger charge is -2.06. The Morgan fingerprint density at radius 3 is 2.78 bits per heavy atom. The van der Waals surface area contributed by atoms with Crippen LogP contribution in [-0.2, 0) is 14.3 Å². The summed E-state index contributed by atoms with van der Waals surface area (Å²) in [4.78, 5) is 33.1.